The van der Waals surface area contributed by atoms with Crippen molar-refractivity contribution in [3.05, 3.63) is 54.1 Å². The second-order valence-electron chi connectivity index (χ2n) is 6.07. The predicted octanol–water partition coefficient (Wildman–Crippen LogP) is 3.56. The van der Waals surface area contributed by atoms with Crippen LogP contribution < -0.4 is 15.0 Å². The Balaban J connectivity index is 1.73. The van der Waals surface area contributed by atoms with Crippen LogP contribution in [0.5, 0.6) is 5.75 Å². The molecular weight excluding hydrogens is 316 g/mol. The van der Waals surface area contributed by atoms with Gasteiger partial charge in [-0.2, -0.15) is 0 Å². The van der Waals surface area contributed by atoms with Crippen molar-refractivity contribution in [2.75, 3.05) is 23.4 Å². The molecule has 25 heavy (non-hydrogen) atoms. The van der Waals surface area contributed by atoms with Gasteiger partial charge in [0, 0.05) is 31.5 Å². The first-order chi connectivity index (χ1) is 12.1. The second kappa shape index (κ2) is 7.38. The minimum absolute atomic E-state index is 0.000597. The van der Waals surface area contributed by atoms with E-state index in [0.717, 1.165) is 11.3 Å². The number of amides is 2. The van der Waals surface area contributed by atoms with E-state index in [4.69, 9.17) is 4.74 Å². The summed E-state index contributed by atoms with van der Waals surface area (Å²) >= 11 is 0. The van der Waals surface area contributed by atoms with Gasteiger partial charge < -0.3 is 15.0 Å². The van der Waals surface area contributed by atoms with Gasteiger partial charge >= 0.3 is 0 Å². The third kappa shape index (κ3) is 3.65. The minimum Gasteiger partial charge on any atom is -0.492 e. The van der Waals surface area contributed by atoms with Gasteiger partial charge in [-0.15, -0.1) is 0 Å². The number of benzene rings is 2. The van der Waals surface area contributed by atoms with Crippen molar-refractivity contribution in [2.24, 2.45) is 0 Å². The summed E-state index contributed by atoms with van der Waals surface area (Å²) in [5.74, 6) is 0.573. The molecule has 130 valence electrons. The number of para-hydroxylation sites is 3. The van der Waals surface area contributed by atoms with E-state index in [1.165, 1.54) is 0 Å². The highest BCUT2D eigenvalue weighted by Crippen LogP contribution is 2.38. The molecule has 0 fully saturated rings. The Morgan fingerprint density at radius 3 is 2.64 bits per heavy atom. The van der Waals surface area contributed by atoms with E-state index in [2.05, 4.69) is 5.32 Å². The highest BCUT2D eigenvalue weighted by atomic mass is 16.5. The number of nitrogens with zero attached hydrogens (tertiary/aromatic N) is 1. The van der Waals surface area contributed by atoms with Crippen molar-refractivity contribution in [3.63, 3.8) is 0 Å². The maximum absolute atomic E-state index is 12.5. The van der Waals surface area contributed by atoms with Crippen LogP contribution in [0.25, 0.3) is 0 Å². The number of hydrogen-bond donors (Lipinski definition) is 1. The maximum atomic E-state index is 12.5. The Morgan fingerprint density at radius 2 is 1.88 bits per heavy atom. The highest BCUT2D eigenvalue weighted by molar-refractivity contribution is 5.96. The molecule has 1 aliphatic rings. The van der Waals surface area contributed by atoms with E-state index in [-0.39, 0.29) is 17.7 Å². The first-order valence-corrected chi connectivity index (χ1v) is 8.49. The number of rotatable bonds is 5. The van der Waals surface area contributed by atoms with Gasteiger partial charge in [0.05, 0.1) is 12.3 Å². The first kappa shape index (κ1) is 17.0. The van der Waals surface area contributed by atoms with Crippen LogP contribution in [0.3, 0.4) is 0 Å². The Bertz CT molecular complexity index is 788. The Morgan fingerprint density at radius 1 is 1.16 bits per heavy atom. The third-order valence-electron chi connectivity index (χ3n) is 4.34. The SMILES string of the molecule is CCOc1ccccc1NC(=O)CC1CN(C(C)=O)c2ccccc21. The lowest BCUT2D eigenvalue weighted by molar-refractivity contribution is -0.118. The molecule has 0 aromatic heterocycles. The van der Waals surface area contributed by atoms with Crippen molar-refractivity contribution in [1.29, 1.82) is 0 Å². The van der Waals surface area contributed by atoms with Crippen molar-refractivity contribution in [3.8, 4) is 5.75 Å². The molecule has 0 aliphatic carbocycles. The largest absolute Gasteiger partial charge is 0.492 e. The fourth-order valence-corrected chi connectivity index (χ4v) is 3.24. The second-order valence-corrected chi connectivity index (χ2v) is 6.07. The van der Waals surface area contributed by atoms with Crippen LogP contribution in [-0.2, 0) is 9.59 Å². The summed E-state index contributed by atoms with van der Waals surface area (Å²) in [5, 5.41) is 2.93. The van der Waals surface area contributed by atoms with Gasteiger partial charge in [-0.1, -0.05) is 30.3 Å². The van der Waals surface area contributed by atoms with Gasteiger partial charge in [-0.05, 0) is 30.7 Å². The average molecular weight is 338 g/mol. The van der Waals surface area contributed by atoms with E-state index in [1.807, 2.05) is 55.5 Å². The number of carbonyl (C=O) groups is 2. The summed E-state index contributed by atoms with van der Waals surface area (Å²) in [6.45, 7) is 4.54. The number of ether oxygens (including phenoxy) is 1. The molecule has 2 aromatic carbocycles. The summed E-state index contributed by atoms with van der Waals surface area (Å²) in [7, 11) is 0. The van der Waals surface area contributed by atoms with Gasteiger partial charge in [0.2, 0.25) is 11.8 Å². The summed E-state index contributed by atoms with van der Waals surface area (Å²) in [5.41, 5.74) is 2.62. The normalized spacial score (nSPS) is 15.6. The number of nitrogens with one attached hydrogen (secondary N) is 1. The number of carbonyl (C=O) groups excluding carboxylic acids is 2. The zero-order valence-corrected chi connectivity index (χ0v) is 14.5. The quantitative estimate of drug-likeness (QED) is 0.907. The fourth-order valence-electron chi connectivity index (χ4n) is 3.24. The van der Waals surface area contributed by atoms with E-state index in [9.17, 15) is 9.59 Å². The lowest BCUT2D eigenvalue weighted by Crippen LogP contribution is -2.28. The number of anilines is 2. The minimum atomic E-state index is -0.0858. The summed E-state index contributed by atoms with van der Waals surface area (Å²) in [6.07, 6.45) is 0.321. The zero-order chi connectivity index (χ0) is 17.8. The van der Waals surface area contributed by atoms with Crippen LogP contribution in [-0.4, -0.2) is 25.0 Å². The van der Waals surface area contributed by atoms with E-state index in [0.29, 0.717) is 31.0 Å². The zero-order valence-electron chi connectivity index (χ0n) is 14.5. The molecule has 2 aromatic rings. The van der Waals surface area contributed by atoms with E-state index >= 15 is 0 Å². The number of fused-ring (bicyclic) bond motifs is 1. The first-order valence-electron chi connectivity index (χ1n) is 8.49. The molecule has 1 atom stereocenters. The molecule has 2 amide bonds. The molecule has 1 aliphatic heterocycles. The molecular formula is C20H22N2O3. The van der Waals surface area contributed by atoms with Crippen molar-refractivity contribution in [2.45, 2.75) is 26.2 Å². The Kier molecular flexibility index (Phi) is 5.03. The van der Waals surface area contributed by atoms with Crippen LogP contribution in [0, 0.1) is 0 Å². The summed E-state index contributed by atoms with van der Waals surface area (Å²) in [6, 6.07) is 15.2. The lowest BCUT2D eigenvalue weighted by atomic mass is 9.97. The maximum Gasteiger partial charge on any atom is 0.225 e. The molecule has 0 radical (unpaired) electrons. The highest BCUT2D eigenvalue weighted by Gasteiger charge is 2.31. The molecule has 1 unspecified atom stereocenters. The van der Waals surface area contributed by atoms with Crippen molar-refractivity contribution < 1.29 is 14.3 Å². The van der Waals surface area contributed by atoms with Gasteiger partial charge in [0.25, 0.3) is 0 Å². The lowest BCUT2D eigenvalue weighted by Gasteiger charge is -2.15. The van der Waals surface area contributed by atoms with Crippen molar-refractivity contribution in [1.82, 2.24) is 0 Å². The molecule has 5 heteroatoms. The van der Waals surface area contributed by atoms with Crippen LogP contribution in [0.1, 0.15) is 31.7 Å². The summed E-state index contributed by atoms with van der Waals surface area (Å²) < 4.78 is 5.55. The molecule has 5 nitrogen and oxygen atoms in total. The van der Waals surface area contributed by atoms with Gasteiger partial charge in [0.1, 0.15) is 5.75 Å². The van der Waals surface area contributed by atoms with Gasteiger partial charge in [-0.3, -0.25) is 9.59 Å². The smallest absolute Gasteiger partial charge is 0.225 e. The molecule has 0 saturated heterocycles. The van der Waals surface area contributed by atoms with Crippen LogP contribution in [0.4, 0.5) is 11.4 Å². The van der Waals surface area contributed by atoms with Crippen molar-refractivity contribution >= 4 is 23.2 Å². The van der Waals surface area contributed by atoms with Gasteiger partial charge in [0.15, 0.2) is 0 Å². The molecule has 3 rings (SSSR count). The molecule has 0 spiro atoms. The molecule has 0 saturated carbocycles. The van der Waals surface area contributed by atoms with Crippen LogP contribution in [0.2, 0.25) is 0 Å². The average Bonchev–Trinajstić information content (AvgIpc) is 2.96. The number of hydrogen-bond acceptors (Lipinski definition) is 3. The van der Waals surface area contributed by atoms with Crippen LogP contribution >= 0.6 is 0 Å². The molecule has 1 heterocycles. The third-order valence-corrected chi connectivity index (χ3v) is 4.34. The standard InChI is InChI=1S/C20H22N2O3/c1-3-25-19-11-7-5-9-17(19)21-20(24)12-15-13-22(14(2)23)18-10-6-4-8-16(15)18/h4-11,15H,3,12-13H2,1-2H3,(H,21,24). The Labute approximate surface area is 147 Å². The monoisotopic (exact) mass is 338 g/mol. The van der Waals surface area contributed by atoms with Crippen LogP contribution in [0.15, 0.2) is 48.5 Å². The predicted molar refractivity (Wildman–Crippen MR) is 98.1 cm³/mol. The van der Waals surface area contributed by atoms with E-state index < -0.39 is 0 Å². The topological polar surface area (TPSA) is 58.6 Å². The Hall–Kier alpha value is -2.82. The molecule has 0 bridgehead atoms. The van der Waals surface area contributed by atoms with E-state index in [1.54, 1.807) is 11.8 Å². The molecule has 1 N–H and O–H groups in total. The fraction of sp³-hybridized carbons (Fsp3) is 0.300. The van der Waals surface area contributed by atoms with Gasteiger partial charge in [-0.25, -0.2) is 0 Å². The summed E-state index contributed by atoms with van der Waals surface area (Å²) in [4.78, 5) is 26.1.